The minimum Gasteiger partial charge on any atom is -0.755 e. The zero-order valence-corrected chi connectivity index (χ0v) is 15.9. The Morgan fingerprint density at radius 3 is 2.50 bits per heavy atom. The summed E-state index contributed by atoms with van der Waals surface area (Å²) in [6.07, 6.45) is 1.32. The van der Waals surface area contributed by atoms with Crippen LogP contribution in [0.2, 0.25) is 0 Å². The van der Waals surface area contributed by atoms with Crippen LogP contribution in [-0.4, -0.2) is 62.8 Å². The van der Waals surface area contributed by atoms with E-state index < -0.39 is 17.0 Å². The van der Waals surface area contributed by atoms with Gasteiger partial charge in [-0.05, 0) is 44.8 Å². The molecule has 0 fully saturated rings. The molecule has 2 N–H and O–H groups in total. The molecule has 0 saturated carbocycles. The molecule has 1 unspecified atom stereocenters. The number of hydrogen-bond donors (Lipinski definition) is 2. The minimum absolute atomic E-state index is 0.306. The Labute approximate surface area is 154 Å². The predicted molar refractivity (Wildman–Crippen MR) is 101 cm³/mol. The summed E-state index contributed by atoms with van der Waals surface area (Å²) in [5.41, 5.74) is 0.997. The smallest absolute Gasteiger partial charge is 0.349 e. The predicted octanol–water partition coefficient (Wildman–Crippen LogP) is 0.350. The van der Waals surface area contributed by atoms with E-state index >= 15 is 0 Å². The van der Waals surface area contributed by atoms with Crippen LogP contribution in [0, 0.1) is 0 Å². The summed E-state index contributed by atoms with van der Waals surface area (Å²) in [5, 5.41) is 3.06. The number of nitrogens with zero attached hydrogens (tertiary/aromatic N) is 4. The molecule has 10 heteroatoms. The van der Waals surface area contributed by atoms with Crippen molar-refractivity contribution in [1.29, 1.82) is 0 Å². The van der Waals surface area contributed by atoms with Crippen LogP contribution < -0.4 is 15.3 Å². The molecule has 26 heavy (non-hydrogen) atoms. The number of aromatic nitrogens is 3. The van der Waals surface area contributed by atoms with E-state index in [1.165, 1.54) is 7.05 Å². The Morgan fingerprint density at radius 2 is 1.88 bits per heavy atom. The number of H-pyrrole nitrogens is 1. The highest BCUT2D eigenvalue weighted by atomic mass is 32.2. The Morgan fingerprint density at radius 1 is 1.19 bits per heavy atom. The Kier molecular flexibility index (Phi) is 7.25. The van der Waals surface area contributed by atoms with Crippen LogP contribution in [-0.2, 0) is 17.7 Å². The number of rotatable bonds is 9. The van der Waals surface area contributed by atoms with E-state index in [1.54, 1.807) is 24.3 Å². The first-order valence-corrected chi connectivity index (χ1v) is 9.16. The second kappa shape index (κ2) is 9.41. The van der Waals surface area contributed by atoms with Crippen molar-refractivity contribution in [1.82, 2.24) is 19.9 Å². The van der Waals surface area contributed by atoms with E-state index in [1.807, 2.05) is 14.1 Å². The topological polar surface area (TPSA) is 117 Å². The number of anilines is 2. The maximum atomic E-state index is 11.7. The summed E-state index contributed by atoms with van der Waals surface area (Å²) in [5.74, 6) is 0.800. The van der Waals surface area contributed by atoms with E-state index in [9.17, 15) is 13.6 Å². The number of nitrogens with one attached hydrogen (secondary N) is 2. The Balaban J connectivity index is 2.02. The van der Waals surface area contributed by atoms with Gasteiger partial charge in [0, 0.05) is 37.0 Å². The van der Waals surface area contributed by atoms with Crippen LogP contribution in [0.1, 0.15) is 17.8 Å². The molecule has 0 radical (unpaired) electrons. The fraction of sp³-hybridized carbons (Fsp3) is 0.438. The summed E-state index contributed by atoms with van der Waals surface area (Å²) >= 11 is -2.32. The van der Waals surface area contributed by atoms with Gasteiger partial charge >= 0.3 is 5.69 Å². The molecule has 1 aromatic heterocycles. The standard InChI is InChI=1S/C16H24N6O3S/c1-21(2)10-4-9-17-15-18-14(19-16(23)20-15)11-12-5-7-13(8-6-12)22(3)26(24)25/h5-8H,4,9-11H2,1-3H3,(H,24,25)(H2,17,18,19,20,23)/p-1. The van der Waals surface area contributed by atoms with Crippen LogP contribution in [0.3, 0.4) is 0 Å². The molecule has 0 bridgehead atoms. The van der Waals surface area contributed by atoms with Crippen molar-refractivity contribution in [3.05, 3.63) is 46.1 Å². The number of aromatic amines is 1. The second-order valence-electron chi connectivity index (χ2n) is 6.07. The molecular weight excluding hydrogens is 356 g/mol. The van der Waals surface area contributed by atoms with Crippen LogP contribution in [0.25, 0.3) is 0 Å². The highest BCUT2D eigenvalue weighted by Gasteiger charge is 2.06. The van der Waals surface area contributed by atoms with Gasteiger partial charge < -0.3 is 19.1 Å². The zero-order chi connectivity index (χ0) is 19.1. The largest absolute Gasteiger partial charge is 0.755 e. The molecule has 0 aliphatic heterocycles. The highest BCUT2D eigenvalue weighted by molar-refractivity contribution is 7.80. The average molecular weight is 379 g/mol. The lowest BCUT2D eigenvalue weighted by Crippen LogP contribution is -2.21. The summed E-state index contributed by atoms with van der Waals surface area (Å²) < 4.78 is 23.0. The highest BCUT2D eigenvalue weighted by Crippen LogP contribution is 2.16. The third-order valence-electron chi connectivity index (χ3n) is 3.66. The van der Waals surface area contributed by atoms with Gasteiger partial charge in [-0.2, -0.15) is 9.97 Å². The molecule has 1 aromatic carbocycles. The van der Waals surface area contributed by atoms with E-state index in [0.29, 0.717) is 30.4 Å². The number of hydrogen-bond acceptors (Lipinski definition) is 7. The van der Waals surface area contributed by atoms with E-state index in [4.69, 9.17) is 0 Å². The van der Waals surface area contributed by atoms with Gasteiger partial charge in [-0.3, -0.25) is 9.19 Å². The van der Waals surface area contributed by atoms with Gasteiger partial charge in [-0.1, -0.05) is 12.1 Å². The number of benzene rings is 1. The molecular formula is C16H23N6O3S-. The van der Waals surface area contributed by atoms with E-state index in [2.05, 4.69) is 25.2 Å². The maximum absolute atomic E-state index is 11.7. The van der Waals surface area contributed by atoms with Crippen molar-refractivity contribution in [2.45, 2.75) is 12.8 Å². The first kappa shape index (κ1) is 20.0. The first-order chi connectivity index (χ1) is 12.3. The van der Waals surface area contributed by atoms with Crippen molar-refractivity contribution < 1.29 is 8.76 Å². The zero-order valence-electron chi connectivity index (χ0n) is 15.1. The molecule has 1 atom stereocenters. The van der Waals surface area contributed by atoms with Gasteiger partial charge in [0.25, 0.3) is 0 Å². The van der Waals surface area contributed by atoms with Crippen molar-refractivity contribution in [3.63, 3.8) is 0 Å². The van der Waals surface area contributed by atoms with Crippen LogP contribution in [0.5, 0.6) is 0 Å². The van der Waals surface area contributed by atoms with Gasteiger partial charge in [0.15, 0.2) is 0 Å². The molecule has 0 saturated heterocycles. The minimum atomic E-state index is -2.32. The normalized spacial score (nSPS) is 12.2. The van der Waals surface area contributed by atoms with Gasteiger partial charge in [-0.25, -0.2) is 4.79 Å². The summed E-state index contributed by atoms with van der Waals surface area (Å²) in [7, 11) is 5.47. The summed E-state index contributed by atoms with van der Waals surface area (Å²) in [6.45, 7) is 1.60. The third kappa shape index (κ3) is 6.21. The first-order valence-electron chi connectivity index (χ1n) is 8.13. The van der Waals surface area contributed by atoms with Crippen molar-refractivity contribution in [3.8, 4) is 0 Å². The molecule has 0 amide bonds. The fourth-order valence-corrected chi connectivity index (χ4v) is 2.58. The second-order valence-corrected chi connectivity index (χ2v) is 7.05. The molecule has 2 aromatic rings. The van der Waals surface area contributed by atoms with E-state index in [0.717, 1.165) is 22.8 Å². The molecule has 0 spiro atoms. The molecule has 0 aliphatic carbocycles. The van der Waals surface area contributed by atoms with Crippen molar-refractivity contribution >= 4 is 22.9 Å². The fourth-order valence-electron chi connectivity index (χ4n) is 2.29. The molecule has 9 nitrogen and oxygen atoms in total. The monoisotopic (exact) mass is 379 g/mol. The van der Waals surface area contributed by atoms with Crippen molar-refractivity contribution in [2.24, 2.45) is 0 Å². The lowest BCUT2D eigenvalue weighted by atomic mass is 10.1. The van der Waals surface area contributed by atoms with Gasteiger partial charge in [0.05, 0.1) is 0 Å². The lowest BCUT2D eigenvalue weighted by molar-refractivity contribution is 0.405. The molecule has 1 heterocycles. The summed E-state index contributed by atoms with van der Waals surface area (Å²) in [6, 6.07) is 6.99. The summed E-state index contributed by atoms with van der Waals surface area (Å²) in [4.78, 5) is 24.6. The molecule has 142 valence electrons. The van der Waals surface area contributed by atoms with Gasteiger partial charge in [0.2, 0.25) is 5.95 Å². The van der Waals surface area contributed by atoms with Gasteiger partial charge in [-0.15, -0.1) is 0 Å². The van der Waals surface area contributed by atoms with Crippen LogP contribution in [0.4, 0.5) is 11.6 Å². The van der Waals surface area contributed by atoms with E-state index in [-0.39, 0.29) is 0 Å². The molecule has 0 aliphatic rings. The van der Waals surface area contributed by atoms with Crippen LogP contribution >= 0.6 is 0 Å². The van der Waals surface area contributed by atoms with Crippen LogP contribution in [0.15, 0.2) is 29.1 Å². The molecule has 2 rings (SSSR count). The van der Waals surface area contributed by atoms with Crippen molar-refractivity contribution in [2.75, 3.05) is 43.9 Å². The Bertz CT molecular complexity index is 793. The lowest BCUT2D eigenvalue weighted by Gasteiger charge is -2.21. The third-order valence-corrected chi connectivity index (χ3v) is 4.32. The quantitative estimate of drug-likeness (QED) is 0.477. The Hall–Kier alpha value is -2.30. The average Bonchev–Trinajstić information content (AvgIpc) is 2.58. The SMILES string of the molecule is CN(C)CCCNc1nc(Cc2ccc(N(C)S(=O)[O-])cc2)[nH]c(=O)n1. The van der Waals surface area contributed by atoms with Gasteiger partial charge in [0.1, 0.15) is 5.82 Å². The maximum Gasteiger partial charge on any atom is 0.349 e.